The highest BCUT2D eigenvalue weighted by Crippen LogP contribution is 2.37. The lowest BCUT2D eigenvalue weighted by Crippen LogP contribution is -2.09. The Balaban J connectivity index is 1.61. The molecule has 2 aromatic heterocycles. The second-order valence-corrected chi connectivity index (χ2v) is 6.91. The van der Waals surface area contributed by atoms with Crippen LogP contribution in [0.1, 0.15) is 31.4 Å². The van der Waals surface area contributed by atoms with Crippen LogP contribution >= 0.6 is 0 Å². The lowest BCUT2D eigenvalue weighted by Gasteiger charge is -2.13. The Morgan fingerprint density at radius 2 is 1.96 bits per heavy atom. The number of nitrogens with one attached hydrogen (secondary N) is 1. The van der Waals surface area contributed by atoms with E-state index in [1.165, 1.54) is 24.5 Å². The summed E-state index contributed by atoms with van der Waals surface area (Å²) in [7, 11) is 0. The van der Waals surface area contributed by atoms with Crippen LogP contribution in [0.4, 0.5) is 14.6 Å². The minimum absolute atomic E-state index is 0.00498. The van der Waals surface area contributed by atoms with Gasteiger partial charge in [0.25, 0.3) is 0 Å². The number of hydrogen-bond donors (Lipinski definition) is 2. The molecular weight excluding hydrogens is 338 g/mol. The van der Waals surface area contributed by atoms with Crippen molar-refractivity contribution in [3.63, 3.8) is 0 Å². The number of nitrogens with zero attached hydrogens (tertiary/aromatic N) is 3. The molecule has 1 saturated carbocycles. The first kappa shape index (κ1) is 16.9. The SMILES string of the molecule is C[C@H]1C[C@@H](n2ccc3c(NCc4c(F)cccc4F)ncnc32)C[C@H]1O. The maximum absolute atomic E-state index is 13.8. The zero-order chi connectivity index (χ0) is 18.3. The van der Waals surface area contributed by atoms with Gasteiger partial charge < -0.3 is 15.0 Å². The van der Waals surface area contributed by atoms with E-state index < -0.39 is 11.6 Å². The molecule has 0 saturated heterocycles. The normalized spacial score (nSPS) is 22.8. The second kappa shape index (κ2) is 6.64. The van der Waals surface area contributed by atoms with E-state index in [9.17, 15) is 13.9 Å². The highest BCUT2D eigenvalue weighted by atomic mass is 19.1. The molecule has 0 aliphatic heterocycles. The van der Waals surface area contributed by atoms with E-state index >= 15 is 0 Å². The molecule has 5 nitrogen and oxygen atoms in total. The molecule has 3 atom stereocenters. The summed E-state index contributed by atoms with van der Waals surface area (Å²) in [6.07, 6.45) is 4.65. The molecular formula is C19H20F2N4O. The van der Waals surface area contributed by atoms with Crippen LogP contribution < -0.4 is 5.32 Å². The molecule has 26 heavy (non-hydrogen) atoms. The van der Waals surface area contributed by atoms with Crippen molar-refractivity contribution >= 4 is 16.9 Å². The number of fused-ring (bicyclic) bond motifs is 1. The molecule has 0 unspecified atom stereocenters. The van der Waals surface area contributed by atoms with Gasteiger partial charge in [0, 0.05) is 24.3 Å². The van der Waals surface area contributed by atoms with Crippen LogP contribution in [0.5, 0.6) is 0 Å². The third-order valence-corrected chi connectivity index (χ3v) is 5.21. The monoisotopic (exact) mass is 358 g/mol. The molecule has 1 aromatic carbocycles. The molecule has 1 fully saturated rings. The molecule has 0 spiro atoms. The second-order valence-electron chi connectivity index (χ2n) is 6.91. The van der Waals surface area contributed by atoms with Crippen molar-refractivity contribution in [2.45, 2.75) is 38.5 Å². The van der Waals surface area contributed by atoms with Crippen molar-refractivity contribution in [2.75, 3.05) is 5.32 Å². The lowest BCUT2D eigenvalue weighted by molar-refractivity contribution is 0.139. The van der Waals surface area contributed by atoms with Crippen molar-refractivity contribution in [2.24, 2.45) is 5.92 Å². The topological polar surface area (TPSA) is 63.0 Å². The van der Waals surface area contributed by atoms with Crippen LogP contribution in [0.3, 0.4) is 0 Å². The Hall–Kier alpha value is -2.54. The maximum Gasteiger partial charge on any atom is 0.145 e. The van der Waals surface area contributed by atoms with Crippen LogP contribution in [0.25, 0.3) is 11.0 Å². The van der Waals surface area contributed by atoms with Crippen molar-refractivity contribution in [1.29, 1.82) is 0 Å². The van der Waals surface area contributed by atoms with Gasteiger partial charge in [-0.2, -0.15) is 0 Å². The van der Waals surface area contributed by atoms with Crippen molar-refractivity contribution in [3.05, 3.63) is 54.0 Å². The van der Waals surface area contributed by atoms with Gasteiger partial charge in [0.2, 0.25) is 0 Å². The smallest absolute Gasteiger partial charge is 0.145 e. The number of aliphatic hydroxyl groups excluding tert-OH is 1. The van der Waals surface area contributed by atoms with Gasteiger partial charge in [0.05, 0.1) is 11.5 Å². The fourth-order valence-corrected chi connectivity index (χ4v) is 3.70. The van der Waals surface area contributed by atoms with Crippen LogP contribution in [0.15, 0.2) is 36.8 Å². The van der Waals surface area contributed by atoms with Gasteiger partial charge in [0.1, 0.15) is 29.4 Å². The Morgan fingerprint density at radius 1 is 1.19 bits per heavy atom. The number of aromatic nitrogens is 3. The average molecular weight is 358 g/mol. The molecule has 0 radical (unpaired) electrons. The summed E-state index contributed by atoms with van der Waals surface area (Å²) in [4.78, 5) is 8.59. The third-order valence-electron chi connectivity index (χ3n) is 5.21. The molecule has 136 valence electrons. The summed E-state index contributed by atoms with van der Waals surface area (Å²) in [5, 5.41) is 13.8. The Morgan fingerprint density at radius 3 is 2.65 bits per heavy atom. The van der Waals surface area contributed by atoms with E-state index in [1.807, 2.05) is 19.2 Å². The summed E-state index contributed by atoms with van der Waals surface area (Å²) >= 11 is 0. The van der Waals surface area contributed by atoms with E-state index in [1.54, 1.807) is 0 Å². The summed E-state index contributed by atoms with van der Waals surface area (Å²) in [6.45, 7) is 2.04. The number of halogens is 2. The van der Waals surface area contributed by atoms with Crippen LogP contribution in [-0.4, -0.2) is 25.7 Å². The zero-order valence-electron chi connectivity index (χ0n) is 14.4. The maximum atomic E-state index is 13.8. The number of anilines is 1. The van der Waals surface area contributed by atoms with Gasteiger partial charge in [-0.05, 0) is 37.0 Å². The molecule has 7 heteroatoms. The highest BCUT2D eigenvalue weighted by molar-refractivity contribution is 5.87. The summed E-state index contributed by atoms with van der Waals surface area (Å²) < 4.78 is 29.7. The lowest BCUT2D eigenvalue weighted by atomic mass is 10.1. The molecule has 1 aliphatic carbocycles. The molecule has 3 aromatic rings. The zero-order valence-corrected chi connectivity index (χ0v) is 14.4. The number of aliphatic hydroxyl groups is 1. The Labute approximate surface area is 149 Å². The Bertz CT molecular complexity index is 912. The number of benzene rings is 1. The van der Waals surface area contributed by atoms with E-state index in [2.05, 4.69) is 19.9 Å². The van der Waals surface area contributed by atoms with Crippen molar-refractivity contribution in [1.82, 2.24) is 14.5 Å². The van der Waals surface area contributed by atoms with E-state index in [0.29, 0.717) is 12.2 Å². The van der Waals surface area contributed by atoms with Gasteiger partial charge in [-0.15, -0.1) is 0 Å². The quantitative estimate of drug-likeness (QED) is 0.747. The van der Waals surface area contributed by atoms with Crippen LogP contribution in [0, 0.1) is 17.6 Å². The third kappa shape index (κ3) is 2.92. The van der Waals surface area contributed by atoms with Crippen molar-refractivity contribution < 1.29 is 13.9 Å². The fourth-order valence-electron chi connectivity index (χ4n) is 3.70. The minimum atomic E-state index is -0.589. The fraction of sp³-hybridized carbons (Fsp3) is 0.368. The molecule has 1 aliphatic rings. The summed E-state index contributed by atoms with van der Waals surface area (Å²) in [6, 6.07) is 5.89. The first-order chi connectivity index (χ1) is 12.5. The molecule has 2 N–H and O–H groups in total. The molecule has 0 bridgehead atoms. The van der Waals surface area contributed by atoms with E-state index in [4.69, 9.17) is 0 Å². The minimum Gasteiger partial charge on any atom is -0.393 e. The van der Waals surface area contributed by atoms with Crippen LogP contribution in [-0.2, 0) is 6.54 Å². The van der Waals surface area contributed by atoms with Gasteiger partial charge in [-0.3, -0.25) is 0 Å². The summed E-state index contributed by atoms with van der Waals surface area (Å²) in [5.74, 6) is -0.396. The van der Waals surface area contributed by atoms with Gasteiger partial charge in [-0.25, -0.2) is 18.7 Å². The van der Waals surface area contributed by atoms with Gasteiger partial charge >= 0.3 is 0 Å². The van der Waals surface area contributed by atoms with Gasteiger partial charge in [0.15, 0.2) is 0 Å². The van der Waals surface area contributed by atoms with E-state index in [0.717, 1.165) is 17.5 Å². The summed E-state index contributed by atoms with van der Waals surface area (Å²) in [5.41, 5.74) is 0.731. The van der Waals surface area contributed by atoms with E-state index in [-0.39, 0.29) is 30.2 Å². The average Bonchev–Trinajstić information content (AvgIpc) is 3.18. The van der Waals surface area contributed by atoms with Crippen molar-refractivity contribution in [3.8, 4) is 0 Å². The molecule has 2 heterocycles. The first-order valence-corrected chi connectivity index (χ1v) is 8.71. The standard InChI is InChI=1S/C19H20F2N4O/c1-11-7-12(8-17(11)26)25-6-5-13-18(23-10-24-19(13)25)22-9-14-15(20)3-2-4-16(14)21/h2-6,10-12,17,26H,7-9H2,1H3,(H,22,23,24)/t11-,12+,17+/m0/s1. The van der Waals surface area contributed by atoms with Crippen LogP contribution in [0.2, 0.25) is 0 Å². The number of rotatable bonds is 4. The van der Waals surface area contributed by atoms with Gasteiger partial charge in [-0.1, -0.05) is 13.0 Å². The predicted molar refractivity (Wildman–Crippen MR) is 94.7 cm³/mol. The first-order valence-electron chi connectivity index (χ1n) is 8.71. The molecule has 0 amide bonds. The predicted octanol–water partition coefficient (Wildman–Crippen LogP) is 3.65. The number of hydrogen-bond acceptors (Lipinski definition) is 4. The Kier molecular flexibility index (Phi) is 4.32. The molecule has 4 rings (SSSR count). The largest absolute Gasteiger partial charge is 0.393 e. The highest BCUT2D eigenvalue weighted by Gasteiger charge is 2.31.